The summed E-state index contributed by atoms with van der Waals surface area (Å²) in [5, 5.41) is 8.33. The van der Waals surface area contributed by atoms with Crippen molar-refractivity contribution in [2.75, 3.05) is 5.32 Å². The number of fused-ring (bicyclic) bond motifs is 1. The van der Waals surface area contributed by atoms with Crippen LogP contribution in [0.2, 0.25) is 5.15 Å². The average Bonchev–Trinajstić information content (AvgIpc) is 2.80. The summed E-state index contributed by atoms with van der Waals surface area (Å²) in [4.78, 5) is 16.5. The van der Waals surface area contributed by atoms with Gasteiger partial charge in [-0.05, 0) is 25.1 Å². The number of pyridine rings is 1. The normalized spacial score (nSPS) is 10.8. The van der Waals surface area contributed by atoms with Crippen LogP contribution in [0.3, 0.4) is 0 Å². The van der Waals surface area contributed by atoms with Crippen LogP contribution in [-0.2, 0) is 7.05 Å². The number of carbonyl (C=O) groups excluding carboxylic acids is 1. The molecular weight excluding hydrogens is 288 g/mol. The molecule has 1 amide bonds. The summed E-state index contributed by atoms with van der Waals surface area (Å²) in [5.74, 6) is -0.265. The molecule has 3 rings (SSSR count). The molecule has 0 unspecified atom stereocenters. The van der Waals surface area contributed by atoms with Crippen LogP contribution in [0.4, 0.5) is 5.69 Å². The second-order valence-electron chi connectivity index (χ2n) is 4.71. The van der Waals surface area contributed by atoms with Gasteiger partial charge < -0.3 is 5.32 Å². The van der Waals surface area contributed by atoms with Gasteiger partial charge in [-0.2, -0.15) is 5.10 Å². The van der Waals surface area contributed by atoms with Gasteiger partial charge in [-0.1, -0.05) is 29.8 Å². The average molecular weight is 301 g/mol. The van der Waals surface area contributed by atoms with Gasteiger partial charge in [0.15, 0.2) is 5.69 Å². The van der Waals surface area contributed by atoms with Gasteiger partial charge >= 0.3 is 0 Å². The predicted molar refractivity (Wildman–Crippen MR) is 82.7 cm³/mol. The zero-order chi connectivity index (χ0) is 15.0. The third-order valence-corrected chi connectivity index (χ3v) is 3.48. The number of nitrogens with one attached hydrogen (secondary N) is 1. The molecule has 0 aliphatic rings. The Balaban J connectivity index is 1.98. The molecule has 106 valence electrons. The first-order chi connectivity index (χ1) is 10.1. The number of rotatable bonds is 2. The van der Waals surface area contributed by atoms with Crippen molar-refractivity contribution < 1.29 is 4.79 Å². The van der Waals surface area contributed by atoms with Crippen molar-refractivity contribution in [2.45, 2.75) is 6.92 Å². The fraction of sp³-hybridized carbons (Fsp3) is 0.133. The van der Waals surface area contributed by atoms with Crippen molar-refractivity contribution in [3.05, 3.63) is 52.9 Å². The van der Waals surface area contributed by atoms with Gasteiger partial charge in [0, 0.05) is 12.4 Å². The SMILES string of the molecule is Cc1nc(Cl)ccc1NC(=O)c1nn(C)c2ccccc12. The second-order valence-corrected chi connectivity index (χ2v) is 5.10. The van der Waals surface area contributed by atoms with Gasteiger partial charge in [-0.3, -0.25) is 9.48 Å². The summed E-state index contributed by atoms with van der Waals surface area (Å²) in [5.41, 5.74) is 2.59. The lowest BCUT2D eigenvalue weighted by Gasteiger charge is -2.06. The Labute approximate surface area is 126 Å². The molecule has 2 heterocycles. The molecule has 0 bridgehead atoms. The van der Waals surface area contributed by atoms with E-state index in [0.717, 1.165) is 10.9 Å². The topological polar surface area (TPSA) is 59.8 Å². The van der Waals surface area contributed by atoms with Gasteiger partial charge in [0.1, 0.15) is 5.15 Å². The van der Waals surface area contributed by atoms with Crippen LogP contribution >= 0.6 is 11.6 Å². The number of carbonyl (C=O) groups is 1. The van der Waals surface area contributed by atoms with Crippen LogP contribution in [0, 0.1) is 6.92 Å². The summed E-state index contributed by atoms with van der Waals surface area (Å²) < 4.78 is 1.69. The van der Waals surface area contributed by atoms with Gasteiger partial charge in [0.25, 0.3) is 5.91 Å². The molecule has 0 spiro atoms. The molecule has 5 nitrogen and oxygen atoms in total. The fourth-order valence-corrected chi connectivity index (χ4v) is 2.42. The van der Waals surface area contributed by atoms with Crippen molar-refractivity contribution in [3.8, 4) is 0 Å². The molecule has 0 fully saturated rings. The van der Waals surface area contributed by atoms with E-state index >= 15 is 0 Å². The molecule has 21 heavy (non-hydrogen) atoms. The zero-order valence-electron chi connectivity index (χ0n) is 11.6. The highest BCUT2D eigenvalue weighted by atomic mass is 35.5. The summed E-state index contributed by atoms with van der Waals surface area (Å²) in [6.07, 6.45) is 0. The lowest BCUT2D eigenvalue weighted by atomic mass is 10.2. The highest BCUT2D eigenvalue weighted by Crippen LogP contribution is 2.20. The van der Waals surface area contributed by atoms with Crippen LogP contribution in [0.1, 0.15) is 16.2 Å². The number of halogens is 1. The molecule has 1 N–H and O–H groups in total. The van der Waals surface area contributed by atoms with E-state index in [9.17, 15) is 4.79 Å². The Morgan fingerprint density at radius 1 is 1.24 bits per heavy atom. The van der Waals surface area contributed by atoms with Crippen LogP contribution in [0.25, 0.3) is 10.9 Å². The van der Waals surface area contributed by atoms with E-state index in [1.165, 1.54) is 0 Å². The molecule has 0 atom stereocenters. The zero-order valence-corrected chi connectivity index (χ0v) is 12.3. The first kappa shape index (κ1) is 13.6. The van der Waals surface area contributed by atoms with E-state index in [0.29, 0.717) is 22.2 Å². The Morgan fingerprint density at radius 2 is 2.00 bits per heavy atom. The Kier molecular flexibility index (Phi) is 3.35. The number of hydrogen-bond acceptors (Lipinski definition) is 3. The summed E-state index contributed by atoms with van der Waals surface area (Å²) in [6.45, 7) is 1.79. The number of hydrogen-bond donors (Lipinski definition) is 1. The minimum atomic E-state index is -0.265. The van der Waals surface area contributed by atoms with E-state index in [-0.39, 0.29) is 5.91 Å². The molecule has 6 heteroatoms. The number of amides is 1. The molecule has 0 saturated heterocycles. The van der Waals surface area contributed by atoms with Crippen molar-refractivity contribution in [3.63, 3.8) is 0 Å². The largest absolute Gasteiger partial charge is 0.319 e. The van der Waals surface area contributed by atoms with Gasteiger partial charge in [-0.15, -0.1) is 0 Å². The Hall–Kier alpha value is -2.40. The number of aryl methyl sites for hydroxylation is 2. The van der Waals surface area contributed by atoms with Crippen LogP contribution in [-0.4, -0.2) is 20.7 Å². The molecule has 0 radical (unpaired) electrons. The third-order valence-electron chi connectivity index (χ3n) is 3.27. The van der Waals surface area contributed by atoms with E-state index in [1.54, 1.807) is 23.7 Å². The Bertz CT molecular complexity index is 841. The van der Waals surface area contributed by atoms with Crippen molar-refractivity contribution >= 4 is 34.1 Å². The highest BCUT2D eigenvalue weighted by Gasteiger charge is 2.16. The number of nitrogens with zero attached hydrogens (tertiary/aromatic N) is 3. The third kappa shape index (κ3) is 2.48. The molecule has 0 aliphatic heterocycles. The molecule has 2 aromatic heterocycles. The minimum absolute atomic E-state index is 0.265. The number of aromatic nitrogens is 3. The molecule has 0 aliphatic carbocycles. The summed E-state index contributed by atoms with van der Waals surface area (Å²) in [7, 11) is 1.81. The maximum Gasteiger partial charge on any atom is 0.276 e. The van der Waals surface area contributed by atoms with E-state index < -0.39 is 0 Å². The van der Waals surface area contributed by atoms with Crippen LogP contribution < -0.4 is 5.32 Å². The Morgan fingerprint density at radius 3 is 2.76 bits per heavy atom. The number of anilines is 1. The minimum Gasteiger partial charge on any atom is -0.319 e. The molecule has 0 saturated carbocycles. The summed E-state index contributed by atoms with van der Waals surface area (Å²) >= 11 is 5.81. The first-order valence-electron chi connectivity index (χ1n) is 6.42. The fourth-order valence-electron chi connectivity index (χ4n) is 2.23. The smallest absolute Gasteiger partial charge is 0.276 e. The lowest BCUT2D eigenvalue weighted by molar-refractivity contribution is 0.102. The number of para-hydroxylation sites is 1. The second kappa shape index (κ2) is 5.18. The van der Waals surface area contributed by atoms with Crippen molar-refractivity contribution in [2.24, 2.45) is 7.05 Å². The molecule has 3 aromatic rings. The summed E-state index contributed by atoms with van der Waals surface area (Å²) in [6, 6.07) is 11.0. The van der Waals surface area contributed by atoms with E-state index in [4.69, 9.17) is 11.6 Å². The number of benzene rings is 1. The van der Waals surface area contributed by atoms with E-state index in [1.807, 2.05) is 31.3 Å². The highest BCUT2D eigenvalue weighted by molar-refractivity contribution is 6.29. The van der Waals surface area contributed by atoms with Gasteiger partial charge in [-0.25, -0.2) is 4.98 Å². The van der Waals surface area contributed by atoms with Crippen LogP contribution in [0.15, 0.2) is 36.4 Å². The van der Waals surface area contributed by atoms with Gasteiger partial charge in [0.05, 0.1) is 16.9 Å². The predicted octanol–water partition coefficient (Wildman–Crippen LogP) is 3.18. The van der Waals surface area contributed by atoms with Crippen molar-refractivity contribution in [1.29, 1.82) is 0 Å². The molecular formula is C15H13ClN4O. The van der Waals surface area contributed by atoms with Crippen LogP contribution in [0.5, 0.6) is 0 Å². The van der Waals surface area contributed by atoms with E-state index in [2.05, 4.69) is 15.4 Å². The quantitative estimate of drug-likeness (QED) is 0.739. The lowest BCUT2D eigenvalue weighted by Crippen LogP contribution is -2.14. The first-order valence-corrected chi connectivity index (χ1v) is 6.80. The van der Waals surface area contributed by atoms with Gasteiger partial charge in [0.2, 0.25) is 0 Å². The standard InChI is InChI=1S/C15H13ClN4O/c1-9-11(7-8-13(16)17-9)18-15(21)14-10-5-3-4-6-12(10)20(2)19-14/h3-8H,1-2H3,(H,18,21). The monoisotopic (exact) mass is 300 g/mol. The molecule has 1 aromatic carbocycles. The maximum atomic E-state index is 12.4. The van der Waals surface area contributed by atoms with Crippen molar-refractivity contribution in [1.82, 2.24) is 14.8 Å². The maximum absolute atomic E-state index is 12.4.